The lowest BCUT2D eigenvalue weighted by Gasteiger charge is -2.07. The summed E-state index contributed by atoms with van der Waals surface area (Å²) in [6.45, 7) is 2.33. The van der Waals surface area contributed by atoms with Crippen LogP contribution in [0.15, 0.2) is 42.5 Å². The first-order valence-corrected chi connectivity index (χ1v) is 7.18. The molecule has 108 valence electrons. The number of thiocarbonyl (C=S) groups is 1. The first-order valence-electron chi connectivity index (χ1n) is 6.40. The van der Waals surface area contributed by atoms with E-state index in [0.717, 1.165) is 16.7 Å². The minimum Gasteiger partial charge on any atom is -0.389 e. The molecule has 0 saturated carbocycles. The lowest BCUT2D eigenvalue weighted by Crippen LogP contribution is -2.23. The first kappa shape index (κ1) is 15.5. The van der Waals surface area contributed by atoms with Crippen LogP contribution >= 0.6 is 23.8 Å². The molecule has 2 rings (SSSR count). The van der Waals surface area contributed by atoms with Crippen molar-refractivity contribution in [2.24, 2.45) is 5.73 Å². The fourth-order valence-electron chi connectivity index (χ4n) is 1.94. The van der Waals surface area contributed by atoms with Gasteiger partial charge >= 0.3 is 0 Å². The van der Waals surface area contributed by atoms with Crippen LogP contribution < -0.4 is 11.1 Å². The normalized spacial score (nSPS) is 10.2. The van der Waals surface area contributed by atoms with E-state index in [1.165, 1.54) is 0 Å². The Morgan fingerprint density at radius 1 is 1.19 bits per heavy atom. The van der Waals surface area contributed by atoms with E-state index in [0.29, 0.717) is 22.1 Å². The molecule has 0 radical (unpaired) electrons. The van der Waals surface area contributed by atoms with Gasteiger partial charge in [0.1, 0.15) is 4.99 Å². The lowest BCUT2D eigenvalue weighted by molar-refractivity contribution is 0.0951. The number of carbonyl (C=O) groups is 1. The van der Waals surface area contributed by atoms with E-state index in [1.807, 2.05) is 37.3 Å². The summed E-state index contributed by atoms with van der Waals surface area (Å²) >= 11 is 10.8. The van der Waals surface area contributed by atoms with Gasteiger partial charge in [0.2, 0.25) is 0 Å². The molecule has 3 N–H and O–H groups in total. The second-order valence-electron chi connectivity index (χ2n) is 4.76. The summed E-state index contributed by atoms with van der Waals surface area (Å²) in [5, 5.41) is 3.41. The fourth-order valence-corrected chi connectivity index (χ4v) is 2.36. The third-order valence-electron chi connectivity index (χ3n) is 3.00. The van der Waals surface area contributed by atoms with Crippen molar-refractivity contribution >= 4 is 34.7 Å². The number of hydrogen-bond donors (Lipinski definition) is 2. The van der Waals surface area contributed by atoms with Crippen LogP contribution in [0.25, 0.3) is 0 Å². The van der Waals surface area contributed by atoms with E-state index in [2.05, 4.69) is 5.32 Å². The average molecular weight is 319 g/mol. The van der Waals surface area contributed by atoms with Crippen LogP contribution in [-0.2, 0) is 6.54 Å². The Labute approximate surface area is 134 Å². The van der Waals surface area contributed by atoms with Gasteiger partial charge in [-0.3, -0.25) is 4.79 Å². The zero-order valence-corrected chi connectivity index (χ0v) is 13.1. The molecular formula is C16H15ClN2OS. The zero-order chi connectivity index (χ0) is 15.4. The third kappa shape index (κ3) is 4.28. The van der Waals surface area contributed by atoms with Crippen molar-refractivity contribution in [3.05, 3.63) is 69.7 Å². The maximum Gasteiger partial charge on any atom is 0.251 e. The molecule has 0 bridgehead atoms. The third-order valence-corrected chi connectivity index (χ3v) is 3.45. The summed E-state index contributed by atoms with van der Waals surface area (Å²) in [5.41, 5.74) is 8.83. The Kier molecular flexibility index (Phi) is 4.94. The van der Waals surface area contributed by atoms with Crippen molar-refractivity contribution in [1.29, 1.82) is 0 Å². The zero-order valence-electron chi connectivity index (χ0n) is 11.5. The predicted molar refractivity (Wildman–Crippen MR) is 89.7 cm³/mol. The number of nitrogens with two attached hydrogens (primary N) is 1. The largest absolute Gasteiger partial charge is 0.389 e. The SMILES string of the molecule is Cc1cc(Cl)cc(C(=O)NCc2ccc(C(N)=S)cc2)c1. The Morgan fingerprint density at radius 3 is 2.43 bits per heavy atom. The molecule has 2 aromatic carbocycles. The first-order chi connectivity index (χ1) is 9.95. The molecule has 0 saturated heterocycles. The van der Waals surface area contributed by atoms with Crippen LogP contribution in [0.4, 0.5) is 0 Å². The van der Waals surface area contributed by atoms with Gasteiger partial charge in [-0.25, -0.2) is 0 Å². The van der Waals surface area contributed by atoms with E-state index in [1.54, 1.807) is 12.1 Å². The highest BCUT2D eigenvalue weighted by Crippen LogP contribution is 2.14. The Bertz CT molecular complexity index is 663. The van der Waals surface area contributed by atoms with Crippen LogP contribution in [0.5, 0.6) is 0 Å². The highest BCUT2D eigenvalue weighted by atomic mass is 35.5. The minimum atomic E-state index is -0.154. The number of aryl methyl sites for hydroxylation is 1. The van der Waals surface area contributed by atoms with E-state index in [9.17, 15) is 4.79 Å². The number of rotatable bonds is 4. The van der Waals surface area contributed by atoms with Crippen LogP contribution in [0.3, 0.4) is 0 Å². The summed E-state index contributed by atoms with van der Waals surface area (Å²) in [5.74, 6) is -0.154. The molecule has 0 heterocycles. The fraction of sp³-hybridized carbons (Fsp3) is 0.125. The van der Waals surface area contributed by atoms with Crippen LogP contribution in [0.1, 0.15) is 27.0 Å². The van der Waals surface area contributed by atoms with Crippen molar-refractivity contribution in [3.8, 4) is 0 Å². The van der Waals surface area contributed by atoms with Crippen LogP contribution in [0, 0.1) is 6.92 Å². The van der Waals surface area contributed by atoms with Crippen molar-refractivity contribution in [1.82, 2.24) is 5.32 Å². The van der Waals surface area contributed by atoms with Gasteiger partial charge in [0, 0.05) is 22.7 Å². The van der Waals surface area contributed by atoms with Crippen LogP contribution in [0.2, 0.25) is 5.02 Å². The predicted octanol–water partition coefficient (Wildman–Crippen LogP) is 3.21. The molecule has 0 atom stereocenters. The summed E-state index contributed by atoms with van der Waals surface area (Å²) in [7, 11) is 0. The van der Waals surface area contributed by atoms with Gasteiger partial charge in [0.25, 0.3) is 5.91 Å². The summed E-state index contributed by atoms with van der Waals surface area (Å²) in [6.07, 6.45) is 0. The molecule has 0 aliphatic carbocycles. The van der Waals surface area contributed by atoms with Crippen molar-refractivity contribution in [2.45, 2.75) is 13.5 Å². The van der Waals surface area contributed by atoms with Crippen molar-refractivity contribution in [2.75, 3.05) is 0 Å². The van der Waals surface area contributed by atoms with Gasteiger partial charge in [-0.05, 0) is 36.2 Å². The number of halogens is 1. The maximum atomic E-state index is 12.1. The Morgan fingerprint density at radius 2 is 1.86 bits per heavy atom. The van der Waals surface area contributed by atoms with E-state index in [4.69, 9.17) is 29.6 Å². The maximum absolute atomic E-state index is 12.1. The van der Waals surface area contributed by atoms with Crippen LogP contribution in [-0.4, -0.2) is 10.9 Å². The van der Waals surface area contributed by atoms with E-state index in [-0.39, 0.29) is 5.91 Å². The molecule has 1 amide bonds. The number of nitrogens with one attached hydrogen (secondary N) is 1. The standard InChI is InChI=1S/C16H15ClN2OS/c1-10-6-13(8-14(17)7-10)16(20)19-9-11-2-4-12(5-3-11)15(18)21/h2-8H,9H2,1H3,(H2,18,21)(H,19,20). The Balaban J connectivity index is 2.02. The van der Waals surface area contributed by atoms with Gasteiger partial charge in [0.15, 0.2) is 0 Å². The number of carbonyl (C=O) groups excluding carboxylic acids is 1. The molecule has 2 aromatic rings. The number of benzene rings is 2. The second-order valence-corrected chi connectivity index (χ2v) is 5.64. The van der Waals surface area contributed by atoms with Gasteiger partial charge in [0.05, 0.1) is 0 Å². The van der Waals surface area contributed by atoms with Crippen molar-refractivity contribution in [3.63, 3.8) is 0 Å². The van der Waals surface area contributed by atoms with E-state index < -0.39 is 0 Å². The van der Waals surface area contributed by atoms with E-state index >= 15 is 0 Å². The minimum absolute atomic E-state index is 0.154. The summed E-state index contributed by atoms with van der Waals surface area (Å²) in [6, 6.07) is 12.7. The highest BCUT2D eigenvalue weighted by molar-refractivity contribution is 7.80. The molecule has 0 aromatic heterocycles. The second kappa shape index (κ2) is 6.70. The monoisotopic (exact) mass is 318 g/mol. The molecular weight excluding hydrogens is 304 g/mol. The molecule has 21 heavy (non-hydrogen) atoms. The van der Waals surface area contributed by atoms with Gasteiger partial charge in [-0.2, -0.15) is 0 Å². The topological polar surface area (TPSA) is 55.1 Å². The van der Waals surface area contributed by atoms with Gasteiger partial charge in [-0.1, -0.05) is 48.1 Å². The summed E-state index contributed by atoms with van der Waals surface area (Å²) < 4.78 is 0. The Hall–Kier alpha value is -1.91. The molecule has 5 heteroatoms. The van der Waals surface area contributed by atoms with Gasteiger partial charge < -0.3 is 11.1 Å². The molecule has 0 unspecified atom stereocenters. The highest BCUT2D eigenvalue weighted by Gasteiger charge is 2.07. The quantitative estimate of drug-likeness (QED) is 0.851. The summed E-state index contributed by atoms with van der Waals surface area (Å²) in [4.78, 5) is 12.4. The average Bonchev–Trinajstić information content (AvgIpc) is 2.44. The van der Waals surface area contributed by atoms with Gasteiger partial charge in [-0.15, -0.1) is 0 Å². The van der Waals surface area contributed by atoms with Crippen molar-refractivity contribution < 1.29 is 4.79 Å². The molecule has 3 nitrogen and oxygen atoms in total. The number of amides is 1. The lowest BCUT2D eigenvalue weighted by atomic mass is 10.1. The smallest absolute Gasteiger partial charge is 0.251 e. The molecule has 0 aliphatic heterocycles. The number of hydrogen-bond acceptors (Lipinski definition) is 2. The molecule has 0 aliphatic rings. The molecule has 0 spiro atoms. The molecule has 0 fully saturated rings.